The number of hydrogen-bond acceptors (Lipinski definition) is 13. The van der Waals surface area contributed by atoms with E-state index in [0.29, 0.717) is 0 Å². The number of ether oxygens (including phenoxy) is 1. The summed E-state index contributed by atoms with van der Waals surface area (Å²) in [5.74, 6) is 0.312. The summed E-state index contributed by atoms with van der Waals surface area (Å²) in [4.78, 5) is 31.8. The maximum atomic E-state index is 8.25. The van der Waals surface area contributed by atoms with E-state index in [1.165, 1.54) is 26.1 Å². The minimum Gasteiger partial charge on any atom is -0.857 e. The van der Waals surface area contributed by atoms with E-state index in [1.807, 2.05) is 0 Å². The Bertz CT molecular complexity index is 727. The topological polar surface area (TPSA) is 200 Å². The van der Waals surface area contributed by atoms with Gasteiger partial charge in [0.2, 0.25) is 27.7 Å². The van der Waals surface area contributed by atoms with Crippen LogP contribution in [0.5, 0.6) is 6.01 Å². The monoisotopic (exact) mass is 459 g/mol. The third-order valence-electron chi connectivity index (χ3n) is 1.83. The van der Waals surface area contributed by atoms with Crippen molar-refractivity contribution in [3.8, 4) is 6.01 Å². The van der Waals surface area contributed by atoms with Gasteiger partial charge in [-0.15, -0.1) is 0 Å². The molecular weight excluding hydrogens is 448 g/mol. The Labute approximate surface area is 196 Å². The second-order valence-corrected chi connectivity index (χ2v) is 4.48. The van der Waals surface area contributed by atoms with Crippen molar-refractivity contribution in [3.05, 3.63) is 34.8 Å². The number of hydrogen-bond donors (Lipinski definition) is 2. The fourth-order valence-electron chi connectivity index (χ4n) is 0.937. The van der Waals surface area contributed by atoms with Gasteiger partial charge in [0.25, 0.3) is 0 Å². The predicted octanol–water partition coefficient (Wildman–Crippen LogP) is -3.27. The van der Waals surface area contributed by atoms with Crippen LogP contribution in [0.25, 0.3) is 0 Å². The summed E-state index contributed by atoms with van der Waals surface area (Å²) in [5, 5.41) is 8.60. The number of aromatic nitrogens is 9. The van der Waals surface area contributed by atoms with Crippen LogP contribution in [0.1, 0.15) is 0 Å². The molecule has 0 saturated heterocycles. The van der Waals surface area contributed by atoms with Crippen LogP contribution in [0, 0.1) is 0 Å². The summed E-state index contributed by atoms with van der Waals surface area (Å²) in [7, 11) is 2.22. The molecular formula is C11H13Cl3N11NaO2. The number of methoxy groups -OCH3 is 1. The van der Waals surface area contributed by atoms with Gasteiger partial charge in [0.15, 0.2) is 0 Å². The van der Waals surface area contributed by atoms with Crippen LogP contribution in [0.15, 0.2) is 19.0 Å². The van der Waals surface area contributed by atoms with Crippen LogP contribution in [0.4, 0.5) is 11.9 Å². The van der Waals surface area contributed by atoms with Gasteiger partial charge in [-0.05, 0) is 34.8 Å². The molecule has 0 fully saturated rings. The van der Waals surface area contributed by atoms with Crippen LogP contribution in [0.3, 0.4) is 0 Å². The molecule has 0 aliphatic carbocycles. The molecule has 13 nitrogen and oxygen atoms in total. The third kappa shape index (κ3) is 14.3. The van der Waals surface area contributed by atoms with Crippen LogP contribution >= 0.6 is 34.8 Å². The molecule has 0 spiro atoms. The predicted molar refractivity (Wildman–Crippen MR) is 95.8 cm³/mol. The number of rotatable bonds is 1. The summed E-state index contributed by atoms with van der Waals surface area (Å²) in [6.45, 7) is 0. The summed E-state index contributed by atoms with van der Waals surface area (Å²) in [6.07, 6.45) is 3.80. The van der Waals surface area contributed by atoms with Crippen LogP contribution < -0.4 is 50.9 Å². The second kappa shape index (κ2) is 17.4. The minimum absolute atomic E-state index is 0. The smallest absolute Gasteiger partial charge is 0.857 e. The Morgan fingerprint density at radius 3 is 1.36 bits per heavy atom. The SMILES string of the molecule is COc1ncnc(N)n1.C[O-].Clc1ncnc(Cl)n1.Nc1ncnc(Cl)n1.[Na+]. The molecule has 0 aliphatic rings. The summed E-state index contributed by atoms with van der Waals surface area (Å²) >= 11 is 15.9. The quantitative estimate of drug-likeness (QED) is 0.343. The van der Waals surface area contributed by atoms with Crippen molar-refractivity contribution in [2.45, 2.75) is 0 Å². The van der Waals surface area contributed by atoms with Crippen LogP contribution in [-0.2, 0) is 0 Å². The average Bonchev–Trinajstić information content (AvgIpc) is 2.64. The van der Waals surface area contributed by atoms with Crippen molar-refractivity contribution in [2.24, 2.45) is 0 Å². The molecule has 3 aromatic rings. The van der Waals surface area contributed by atoms with E-state index in [0.717, 1.165) is 7.11 Å². The normalized spacial score (nSPS) is 8.36. The fraction of sp³-hybridized carbons (Fsp3) is 0.182. The number of nitrogens with two attached hydrogens (primary N) is 2. The number of halogens is 3. The molecule has 0 atom stereocenters. The molecule has 0 aromatic carbocycles. The van der Waals surface area contributed by atoms with Gasteiger partial charge in [-0.25, -0.2) is 24.9 Å². The fourth-order valence-corrected chi connectivity index (χ4v) is 1.36. The van der Waals surface area contributed by atoms with Gasteiger partial charge in [0.05, 0.1) is 7.11 Å². The zero-order valence-electron chi connectivity index (χ0n) is 14.9. The van der Waals surface area contributed by atoms with Gasteiger partial charge in [-0.1, -0.05) is 0 Å². The van der Waals surface area contributed by atoms with Gasteiger partial charge >= 0.3 is 35.6 Å². The van der Waals surface area contributed by atoms with Crippen molar-refractivity contribution >= 4 is 46.7 Å². The van der Waals surface area contributed by atoms with Gasteiger partial charge in [0, 0.05) is 0 Å². The number of nitrogens with zero attached hydrogens (tertiary/aromatic N) is 9. The molecule has 0 saturated carbocycles. The first-order chi connectivity index (χ1) is 12.9. The van der Waals surface area contributed by atoms with Gasteiger partial charge in [-0.2, -0.15) is 27.0 Å². The standard InChI is InChI=1S/C4H6N4O.C3HCl2N3.C3H3ClN4.CH3O.Na/c1-9-4-7-2-6-3(5)8-4;2*4-2-6-1-7-3(5)8-2;1-2;/h2H,1H3,(H2,5,6,7,8);1H;1H,(H2,5,6,7,8);1H3;/q;;;-1;+1. The molecule has 28 heavy (non-hydrogen) atoms. The number of anilines is 2. The van der Waals surface area contributed by atoms with Crippen molar-refractivity contribution in [2.75, 3.05) is 25.7 Å². The van der Waals surface area contributed by atoms with E-state index in [-0.39, 0.29) is 63.3 Å². The third-order valence-corrected chi connectivity index (χ3v) is 2.37. The summed E-state index contributed by atoms with van der Waals surface area (Å²) < 4.78 is 4.65. The maximum Gasteiger partial charge on any atom is 1.00 e. The Hall–Kier alpha value is -1.74. The molecule has 0 unspecified atom stereocenters. The van der Waals surface area contributed by atoms with E-state index in [9.17, 15) is 0 Å². The molecule has 0 aliphatic heterocycles. The van der Waals surface area contributed by atoms with Gasteiger partial charge in [-0.3, -0.25) is 0 Å². The molecule has 17 heteroatoms. The Morgan fingerprint density at radius 1 is 0.714 bits per heavy atom. The zero-order valence-corrected chi connectivity index (χ0v) is 19.1. The number of nitrogen functional groups attached to an aromatic ring is 2. The van der Waals surface area contributed by atoms with Crippen LogP contribution in [0.2, 0.25) is 15.9 Å². The van der Waals surface area contributed by atoms with E-state index >= 15 is 0 Å². The molecule has 4 N–H and O–H groups in total. The summed E-state index contributed by atoms with van der Waals surface area (Å²) in [6, 6.07) is 0.238. The van der Waals surface area contributed by atoms with Gasteiger partial charge < -0.3 is 21.3 Å². The van der Waals surface area contributed by atoms with E-state index in [1.54, 1.807) is 0 Å². The first-order valence-electron chi connectivity index (χ1n) is 6.40. The Kier molecular flexibility index (Phi) is 17.7. The van der Waals surface area contributed by atoms with E-state index in [2.05, 4.69) is 49.6 Å². The van der Waals surface area contributed by atoms with E-state index < -0.39 is 0 Å². The molecule has 3 heterocycles. The van der Waals surface area contributed by atoms with Crippen molar-refractivity contribution in [3.63, 3.8) is 0 Å². The zero-order chi connectivity index (χ0) is 20.7. The first kappa shape index (κ1) is 28.5. The maximum absolute atomic E-state index is 8.25. The molecule has 0 radical (unpaired) electrons. The van der Waals surface area contributed by atoms with Crippen molar-refractivity contribution in [1.82, 2.24) is 44.9 Å². The van der Waals surface area contributed by atoms with E-state index in [4.69, 9.17) is 51.4 Å². The van der Waals surface area contributed by atoms with Crippen molar-refractivity contribution < 1.29 is 39.4 Å². The van der Waals surface area contributed by atoms with Crippen molar-refractivity contribution in [1.29, 1.82) is 0 Å². The molecule has 0 bridgehead atoms. The first-order valence-corrected chi connectivity index (χ1v) is 7.53. The molecule has 3 rings (SSSR count). The second-order valence-electron chi connectivity index (χ2n) is 3.47. The molecule has 146 valence electrons. The Morgan fingerprint density at radius 2 is 1.11 bits per heavy atom. The summed E-state index contributed by atoms with van der Waals surface area (Å²) in [5.41, 5.74) is 10.3. The minimum atomic E-state index is 0. The Balaban J connectivity index is 0. The largest absolute Gasteiger partial charge is 1.00 e. The average molecular weight is 461 g/mol. The van der Waals surface area contributed by atoms with Crippen LogP contribution in [-0.4, -0.2) is 59.1 Å². The molecule has 0 amide bonds. The van der Waals surface area contributed by atoms with Gasteiger partial charge in [0.1, 0.15) is 19.0 Å². The molecule has 3 aromatic heterocycles.